The Morgan fingerprint density at radius 3 is 1.37 bits per heavy atom. The van der Waals surface area contributed by atoms with Crippen molar-refractivity contribution < 1.29 is 52.2 Å². The molecular weight excluding hydrogens is 881 g/mol. The van der Waals surface area contributed by atoms with Gasteiger partial charge in [0.15, 0.2) is 0 Å². The molecule has 67 heavy (non-hydrogen) atoms. The van der Waals surface area contributed by atoms with Gasteiger partial charge in [-0.1, -0.05) is 139 Å². The van der Waals surface area contributed by atoms with Gasteiger partial charge in [-0.2, -0.15) is 0 Å². The number of nitrogens with two attached hydrogens (primary N) is 1. The van der Waals surface area contributed by atoms with Gasteiger partial charge in [0.25, 0.3) is 0 Å². The van der Waals surface area contributed by atoms with Crippen LogP contribution in [0.1, 0.15) is 135 Å². The summed E-state index contributed by atoms with van der Waals surface area (Å²) in [5, 5.41) is 33.1. The van der Waals surface area contributed by atoms with E-state index in [0.29, 0.717) is 18.4 Å². The molecule has 374 valence electrons. The van der Waals surface area contributed by atoms with Crippen LogP contribution in [0.5, 0.6) is 0 Å². The lowest BCUT2D eigenvalue weighted by molar-refractivity contribution is -0.142. The highest BCUT2D eigenvalue weighted by molar-refractivity contribution is 7.90. The average Bonchev–Trinajstić information content (AvgIpc) is 3.26. The number of aliphatic carboxylic acids is 1. The van der Waals surface area contributed by atoms with E-state index in [9.17, 15) is 52.2 Å². The third-order valence-corrected chi connectivity index (χ3v) is 12.2. The van der Waals surface area contributed by atoms with Crippen LogP contribution in [0, 0.1) is 5.92 Å². The quantitative estimate of drug-likeness (QED) is 0.0460. The molecule has 0 radical (unpaired) electrons. The van der Waals surface area contributed by atoms with Gasteiger partial charge >= 0.3 is 5.97 Å². The van der Waals surface area contributed by atoms with E-state index in [1.165, 1.54) is 6.92 Å². The molecule has 0 heterocycles. The molecule has 0 spiro atoms. The summed E-state index contributed by atoms with van der Waals surface area (Å²) >= 11 is 0. The summed E-state index contributed by atoms with van der Waals surface area (Å²) in [7, 11) is -3.44. The lowest BCUT2D eigenvalue weighted by Gasteiger charge is -2.26. The predicted molar refractivity (Wildman–Crippen MR) is 257 cm³/mol. The molecule has 18 heteroatoms. The number of amides is 6. The lowest BCUT2D eigenvalue weighted by atomic mass is 10.0. The number of nitrogens with one attached hydrogen (secondary N) is 5. The zero-order valence-electron chi connectivity index (χ0n) is 39.8. The van der Waals surface area contributed by atoms with Gasteiger partial charge in [-0.15, -0.1) is 0 Å². The second kappa shape index (κ2) is 31.6. The number of carboxylic acid groups (broad SMARTS) is 1. The summed E-state index contributed by atoms with van der Waals surface area (Å²) in [6.07, 6.45) is 11.4. The van der Waals surface area contributed by atoms with Gasteiger partial charge in [0.05, 0.1) is 11.9 Å². The molecule has 0 aliphatic rings. The fraction of sp³-hybridized carbons (Fsp3) is 0.612. The molecule has 0 fully saturated rings. The Morgan fingerprint density at radius 2 is 0.955 bits per heavy atom. The Morgan fingerprint density at radius 1 is 0.552 bits per heavy atom. The number of sulfone groups is 1. The number of rotatable bonds is 35. The fourth-order valence-corrected chi connectivity index (χ4v) is 8.15. The first kappa shape index (κ1) is 57.8. The van der Waals surface area contributed by atoms with Crippen molar-refractivity contribution in [3.63, 3.8) is 0 Å². The van der Waals surface area contributed by atoms with Gasteiger partial charge in [0.1, 0.15) is 40.0 Å². The summed E-state index contributed by atoms with van der Waals surface area (Å²) in [5.74, 6) is -5.15. The van der Waals surface area contributed by atoms with Gasteiger partial charge in [0.2, 0.25) is 35.4 Å². The van der Waals surface area contributed by atoms with Gasteiger partial charge in [-0.3, -0.25) is 28.8 Å². The summed E-state index contributed by atoms with van der Waals surface area (Å²) < 4.78 is 23.7. The Kier molecular flexibility index (Phi) is 27.2. The minimum Gasteiger partial charge on any atom is -0.480 e. The van der Waals surface area contributed by atoms with Crippen LogP contribution < -0.4 is 32.3 Å². The Hall–Kier alpha value is -5.36. The fourth-order valence-electron chi connectivity index (χ4n) is 7.49. The van der Waals surface area contributed by atoms with Crippen molar-refractivity contribution in [3.8, 4) is 0 Å². The van der Waals surface area contributed by atoms with Crippen molar-refractivity contribution in [3.05, 3.63) is 71.8 Å². The van der Waals surface area contributed by atoms with Crippen molar-refractivity contribution >= 4 is 51.2 Å². The molecule has 0 aromatic heterocycles. The number of benzene rings is 2. The standard InChI is InChI=1S/C49H76N6O11S/c1-34(2)31-40(47(61)52-39(45(50)59)32-36-23-17-15-18-24-36)53-48(62)44(35(3)56)55-43(58)28-22-14-12-10-8-6-5-7-9-11-13-21-27-42(57)51-38(29-30-67(4,65)66)46(60)54-41(49(63)64)33-37-25-19-16-20-26-37/h15-20,23-26,34-35,38-41,44,56H,5-14,21-22,27-33H2,1-4H3,(H2,50,59)(H,51,57)(H,52,61)(H,53,62)(H,54,60)(H,55,58)(H,63,64)/t35?,38-,39-,40-,41-,44-/m0/s1. The van der Waals surface area contributed by atoms with Crippen molar-refractivity contribution in [1.82, 2.24) is 26.6 Å². The number of carboxylic acids is 1. The second-order valence-electron chi connectivity index (χ2n) is 18.0. The number of aliphatic hydroxyl groups is 1. The van der Waals surface area contributed by atoms with Gasteiger partial charge in [0, 0.05) is 31.9 Å². The normalized spacial score (nSPS) is 14.1. The first-order chi connectivity index (χ1) is 31.7. The van der Waals surface area contributed by atoms with E-state index in [0.717, 1.165) is 76.0 Å². The monoisotopic (exact) mass is 957 g/mol. The van der Waals surface area contributed by atoms with Crippen LogP contribution in [-0.4, -0.2) is 108 Å². The van der Waals surface area contributed by atoms with Crippen LogP contribution in [0.15, 0.2) is 60.7 Å². The van der Waals surface area contributed by atoms with Crippen LogP contribution >= 0.6 is 0 Å². The molecule has 0 bridgehead atoms. The van der Waals surface area contributed by atoms with Crippen LogP contribution in [0.4, 0.5) is 0 Å². The van der Waals surface area contributed by atoms with Crippen LogP contribution in [-0.2, 0) is 56.2 Å². The molecule has 2 aromatic carbocycles. The summed E-state index contributed by atoms with van der Waals surface area (Å²) in [6, 6.07) is 12.1. The second-order valence-corrected chi connectivity index (χ2v) is 20.3. The number of hydrogen-bond donors (Lipinski definition) is 8. The van der Waals surface area contributed by atoms with E-state index in [2.05, 4.69) is 26.6 Å². The minimum atomic E-state index is -3.44. The van der Waals surface area contributed by atoms with Crippen LogP contribution in [0.3, 0.4) is 0 Å². The maximum atomic E-state index is 13.3. The Bertz CT molecular complexity index is 1950. The molecule has 0 saturated heterocycles. The molecule has 6 atom stereocenters. The average molecular weight is 957 g/mol. The molecule has 17 nitrogen and oxygen atoms in total. The third kappa shape index (κ3) is 26.0. The first-order valence-corrected chi connectivity index (χ1v) is 25.8. The smallest absolute Gasteiger partial charge is 0.326 e. The number of hydrogen-bond acceptors (Lipinski definition) is 10. The summed E-state index contributed by atoms with van der Waals surface area (Å²) in [6.45, 7) is 5.14. The maximum Gasteiger partial charge on any atom is 0.326 e. The lowest BCUT2D eigenvalue weighted by Crippen LogP contribution is -2.59. The maximum absolute atomic E-state index is 13.3. The van der Waals surface area contributed by atoms with Gasteiger partial charge in [-0.05, 0) is 49.7 Å². The predicted octanol–water partition coefficient (Wildman–Crippen LogP) is 3.79. The molecule has 1 unspecified atom stereocenters. The van der Waals surface area contributed by atoms with E-state index in [4.69, 9.17) is 5.73 Å². The van der Waals surface area contributed by atoms with E-state index in [-0.39, 0.29) is 56.1 Å². The summed E-state index contributed by atoms with van der Waals surface area (Å²) in [4.78, 5) is 89.3. The third-order valence-electron chi connectivity index (χ3n) is 11.2. The molecule has 0 saturated carbocycles. The van der Waals surface area contributed by atoms with Crippen molar-refractivity contribution in [2.24, 2.45) is 11.7 Å². The van der Waals surface area contributed by atoms with E-state index in [1.807, 2.05) is 44.2 Å². The number of carbonyl (C=O) groups excluding carboxylic acids is 6. The topological polar surface area (TPSA) is 280 Å². The van der Waals surface area contributed by atoms with E-state index < -0.39 is 81.7 Å². The van der Waals surface area contributed by atoms with Crippen molar-refractivity contribution in [1.29, 1.82) is 0 Å². The highest BCUT2D eigenvalue weighted by Gasteiger charge is 2.32. The largest absolute Gasteiger partial charge is 0.480 e. The number of carbonyl (C=O) groups is 7. The van der Waals surface area contributed by atoms with Crippen molar-refractivity contribution in [2.75, 3.05) is 12.0 Å². The summed E-state index contributed by atoms with van der Waals surface area (Å²) in [5.41, 5.74) is 7.09. The molecule has 0 aliphatic heterocycles. The molecule has 2 rings (SSSR count). The van der Waals surface area contributed by atoms with Gasteiger partial charge < -0.3 is 42.5 Å². The Balaban J connectivity index is 1.64. The molecule has 9 N–H and O–H groups in total. The highest BCUT2D eigenvalue weighted by atomic mass is 32.2. The van der Waals surface area contributed by atoms with Gasteiger partial charge in [-0.25, -0.2) is 13.2 Å². The number of primary amides is 1. The number of unbranched alkanes of at least 4 members (excludes halogenated alkanes) is 11. The van der Waals surface area contributed by atoms with E-state index >= 15 is 0 Å². The highest BCUT2D eigenvalue weighted by Crippen LogP contribution is 2.14. The molecule has 6 amide bonds. The van der Waals surface area contributed by atoms with Crippen molar-refractivity contribution in [2.45, 2.75) is 173 Å². The SMILES string of the molecule is CC(C)C[C@H](NC(=O)[C@@H](NC(=O)CCCCCCCCCCCCCCC(=O)N[C@@H](CCS(C)(=O)=O)C(=O)N[C@@H](Cc1ccccc1)C(=O)O)C(C)O)C(=O)N[C@@H](Cc1ccccc1)C(N)=O. The minimum absolute atomic E-state index is 0.00723. The zero-order valence-corrected chi connectivity index (χ0v) is 40.6. The molecule has 2 aromatic rings. The van der Waals surface area contributed by atoms with E-state index in [1.54, 1.807) is 30.3 Å². The molecular formula is C49H76N6O11S. The zero-order chi connectivity index (χ0) is 49.8. The first-order valence-electron chi connectivity index (χ1n) is 23.7. The van der Waals surface area contributed by atoms with Crippen LogP contribution in [0.2, 0.25) is 0 Å². The van der Waals surface area contributed by atoms with Crippen LogP contribution in [0.25, 0.3) is 0 Å². The number of aliphatic hydroxyl groups excluding tert-OH is 1. The molecule has 0 aliphatic carbocycles. The Labute approximate surface area is 396 Å².